The van der Waals surface area contributed by atoms with Crippen LogP contribution in [0.25, 0.3) is 11.0 Å². The summed E-state index contributed by atoms with van der Waals surface area (Å²) < 4.78 is 19.6. The van der Waals surface area contributed by atoms with Crippen molar-refractivity contribution in [3.8, 4) is 11.8 Å². The predicted molar refractivity (Wildman–Crippen MR) is 151 cm³/mol. The number of imide groups is 1. The van der Waals surface area contributed by atoms with Gasteiger partial charge in [-0.1, -0.05) is 17.9 Å². The number of hydrogen-bond acceptors (Lipinski definition) is 8. The van der Waals surface area contributed by atoms with Crippen LogP contribution >= 0.6 is 0 Å². The summed E-state index contributed by atoms with van der Waals surface area (Å²) in [7, 11) is 1.65. The zero-order valence-corrected chi connectivity index (χ0v) is 24.2. The smallest absolute Gasteiger partial charge is 0.410 e. The van der Waals surface area contributed by atoms with Crippen molar-refractivity contribution in [2.45, 2.75) is 45.3 Å². The maximum absolute atomic E-state index is 13.0. The molecule has 1 N–H and O–H groups in total. The summed E-state index contributed by atoms with van der Waals surface area (Å²) >= 11 is 0. The van der Waals surface area contributed by atoms with Gasteiger partial charge in [0, 0.05) is 46.2 Å². The van der Waals surface area contributed by atoms with E-state index in [0.29, 0.717) is 49.5 Å². The number of piperidine rings is 1. The fourth-order valence-corrected chi connectivity index (χ4v) is 4.92. The molecule has 2 aliphatic rings. The third-order valence-electron chi connectivity index (χ3n) is 6.97. The molecule has 12 heteroatoms. The maximum Gasteiger partial charge on any atom is 0.410 e. The van der Waals surface area contributed by atoms with Crippen LogP contribution in [0.15, 0.2) is 23.0 Å². The third-order valence-corrected chi connectivity index (χ3v) is 6.97. The van der Waals surface area contributed by atoms with E-state index in [4.69, 9.17) is 14.2 Å². The number of carbonyl (C=O) groups excluding carboxylic acids is 3. The van der Waals surface area contributed by atoms with E-state index >= 15 is 0 Å². The van der Waals surface area contributed by atoms with Crippen LogP contribution < -0.4 is 11.0 Å². The van der Waals surface area contributed by atoms with Crippen LogP contribution in [0.3, 0.4) is 0 Å². The number of piperazine rings is 1. The Morgan fingerprint density at radius 3 is 2.49 bits per heavy atom. The third kappa shape index (κ3) is 7.75. The Labute approximate surface area is 239 Å². The van der Waals surface area contributed by atoms with E-state index in [2.05, 4.69) is 22.1 Å². The number of carbonyl (C=O) groups is 3. The number of rotatable bonds is 8. The van der Waals surface area contributed by atoms with Gasteiger partial charge in [-0.15, -0.1) is 0 Å². The summed E-state index contributed by atoms with van der Waals surface area (Å²) in [5.74, 6) is 5.26. The lowest BCUT2D eigenvalue weighted by Crippen LogP contribution is -2.50. The van der Waals surface area contributed by atoms with Crippen LogP contribution in [-0.4, -0.2) is 102 Å². The zero-order valence-electron chi connectivity index (χ0n) is 24.2. The lowest BCUT2D eigenvalue weighted by molar-refractivity contribution is -0.135. The lowest BCUT2D eigenvalue weighted by Gasteiger charge is -2.35. The highest BCUT2D eigenvalue weighted by atomic mass is 16.6. The summed E-state index contributed by atoms with van der Waals surface area (Å²) in [5.41, 5.74) is 1.06. The van der Waals surface area contributed by atoms with E-state index < -0.39 is 17.6 Å². The van der Waals surface area contributed by atoms with Gasteiger partial charge in [-0.05, 0) is 39.3 Å². The van der Waals surface area contributed by atoms with Crippen LogP contribution in [0.2, 0.25) is 0 Å². The number of hydrogen-bond donors (Lipinski definition) is 1. The van der Waals surface area contributed by atoms with E-state index in [1.165, 1.54) is 9.13 Å². The summed E-state index contributed by atoms with van der Waals surface area (Å²) in [4.78, 5) is 53.1. The van der Waals surface area contributed by atoms with Gasteiger partial charge in [-0.2, -0.15) is 0 Å². The Morgan fingerprint density at radius 1 is 1.05 bits per heavy atom. The summed E-state index contributed by atoms with van der Waals surface area (Å²) in [5, 5.41) is 2.32. The number of fused-ring (bicyclic) bond motifs is 1. The number of nitrogens with one attached hydrogen (secondary N) is 1. The number of aromatic nitrogens is 2. The van der Waals surface area contributed by atoms with Gasteiger partial charge in [0.05, 0.1) is 36.4 Å². The molecular weight excluding hydrogens is 530 g/mol. The van der Waals surface area contributed by atoms with E-state index in [1.807, 2.05) is 26.8 Å². The minimum atomic E-state index is -0.739. The summed E-state index contributed by atoms with van der Waals surface area (Å²) in [6.07, 6.45) is 0.201. The van der Waals surface area contributed by atoms with Crippen molar-refractivity contribution >= 4 is 28.9 Å². The number of para-hydroxylation sites is 1. The standard InChI is InChI=1S/C29H39N5O7/c1-29(2,3)41-28(38)33-14-12-32(13-15-33)16-18-40-20-19-39-17-6-8-21-7-5-9-22-25(21)31(4)27(37)34(22)23-10-11-24(35)30-26(23)36/h5,7,9,23H,10-20H2,1-4H3,(H,30,35,36). The average Bonchev–Trinajstić information content (AvgIpc) is 3.17. The second-order valence-corrected chi connectivity index (χ2v) is 11.1. The molecule has 1 unspecified atom stereocenters. The monoisotopic (exact) mass is 569 g/mol. The molecule has 1 atom stereocenters. The number of imidazole rings is 1. The number of benzene rings is 1. The van der Waals surface area contributed by atoms with E-state index in [0.717, 1.165) is 19.6 Å². The van der Waals surface area contributed by atoms with Crippen LogP contribution in [0.5, 0.6) is 0 Å². The number of amides is 3. The molecule has 0 aliphatic carbocycles. The van der Waals surface area contributed by atoms with Crippen molar-refractivity contribution < 1.29 is 28.6 Å². The molecule has 0 spiro atoms. The van der Waals surface area contributed by atoms with Crippen LogP contribution in [0.1, 0.15) is 45.2 Å². The fraction of sp³-hybridized carbons (Fsp3) is 0.586. The number of nitrogens with zero attached hydrogens (tertiary/aromatic N) is 4. The molecule has 1 aromatic heterocycles. The molecule has 2 aliphatic heterocycles. The van der Waals surface area contributed by atoms with Crippen LogP contribution in [-0.2, 0) is 30.8 Å². The molecule has 4 rings (SSSR count). The Morgan fingerprint density at radius 2 is 1.78 bits per heavy atom. The van der Waals surface area contributed by atoms with Gasteiger partial charge in [0.15, 0.2) is 0 Å². The molecule has 3 heterocycles. The fourth-order valence-electron chi connectivity index (χ4n) is 4.92. The second-order valence-electron chi connectivity index (χ2n) is 11.1. The first-order chi connectivity index (χ1) is 19.5. The SMILES string of the molecule is Cn1c(=O)n(C2CCC(=O)NC2=O)c2cccc(C#CCOCCOCCN3CCN(C(=O)OC(C)(C)C)CC3)c21. The lowest BCUT2D eigenvalue weighted by atomic mass is 10.1. The molecule has 12 nitrogen and oxygen atoms in total. The van der Waals surface area contributed by atoms with Crippen molar-refractivity contribution in [2.75, 3.05) is 59.2 Å². The average molecular weight is 570 g/mol. The van der Waals surface area contributed by atoms with Crippen molar-refractivity contribution in [3.05, 3.63) is 34.2 Å². The Hall–Kier alpha value is -3.66. The maximum atomic E-state index is 13.0. The molecule has 0 radical (unpaired) electrons. The number of aryl methyl sites for hydroxylation is 1. The molecule has 0 saturated carbocycles. The molecule has 41 heavy (non-hydrogen) atoms. The Bertz CT molecular complexity index is 1390. The first-order valence-electron chi connectivity index (χ1n) is 13.9. The quantitative estimate of drug-likeness (QED) is 0.286. The first kappa shape index (κ1) is 30.3. The zero-order chi connectivity index (χ0) is 29.6. The van der Waals surface area contributed by atoms with Gasteiger partial charge in [0.2, 0.25) is 11.8 Å². The highest BCUT2D eigenvalue weighted by Crippen LogP contribution is 2.24. The van der Waals surface area contributed by atoms with Gasteiger partial charge in [0.1, 0.15) is 18.2 Å². The number of ether oxygens (including phenoxy) is 3. The molecule has 2 fully saturated rings. The highest BCUT2D eigenvalue weighted by Gasteiger charge is 2.31. The van der Waals surface area contributed by atoms with Crippen molar-refractivity contribution in [1.82, 2.24) is 24.3 Å². The van der Waals surface area contributed by atoms with Crippen molar-refractivity contribution in [1.29, 1.82) is 0 Å². The summed E-state index contributed by atoms with van der Waals surface area (Å²) in [6, 6.07) is 4.65. The van der Waals surface area contributed by atoms with Gasteiger partial charge < -0.3 is 19.1 Å². The Balaban J connectivity index is 1.19. The minimum Gasteiger partial charge on any atom is -0.444 e. The highest BCUT2D eigenvalue weighted by molar-refractivity contribution is 6.00. The predicted octanol–water partition coefficient (Wildman–Crippen LogP) is 1.26. The first-order valence-corrected chi connectivity index (χ1v) is 13.9. The Kier molecular flexibility index (Phi) is 9.86. The molecule has 2 saturated heterocycles. The molecule has 3 amide bonds. The van der Waals surface area contributed by atoms with Crippen molar-refractivity contribution in [2.24, 2.45) is 7.05 Å². The molecule has 2 aromatic rings. The van der Waals surface area contributed by atoms with Crippen LogP contribution in [0, 0.1) is 11.8 Å². The van der Waals surface area contributed by atoms with Gasteiger partial charge in [-0.3, -0.25) is 28.9 Å². The van der Waals surface area contributed by atoms with Gasteiger partial charge in [-0.25, -0.2) is 9.59 Å². The molecule has 222 valence electrons. The topological polar surface area (TPSA) is 124 Å². The van der Waals surface area contributed by atoms with Crippen molar-refractivity contribution in [3.63, 3.8) is 0 Å². The van der Waals surface area contributed by atoms with Gasteiger partial charge in [0.25, 0.3) is 0 Å². The second kappa shape index (κ2) is 13.3. The van der Waals surface area contributed by atoms with E-state index in [1.54, 1.807) is 24.1 Å². The largest absolute Gasteiger partial charge is 0.444 e. The molecule has 1 aromatic carbocycles. The minimum absolute atomic E-state index is 0.187. The van der Waals surface area contributed by atoms with Crippen LogP contribution in [0.4, 0.5) is 4.79 Å². The van der Waals surface area contributed by atoms with E-state index in [9.17, 15) is 19.2 Å². The normalized spacial score (nSPS) is 18.2. The molecular formula is C29H39N5O7. The summed E-state index contributed by atoms with van der Waals surface area (Å²) in [6.45, 7) is 10.8. The molecule has 0 bridgehead atoms. The van der Waals surface area contributed by atoms with Gasteiger partial charge >= 0.3 is 11.8 Å². The van der Waals surface area contributed by atoms with E-state index in [-0.39, 0.29) is 37.1 Å².